The van der Waals surface area contributed by atoms with Crippen LogP contribution in [0.3, 0.4) is 0 Å². The molecule has 0 radical (unpaired) electrons. The molecule has 0 amide bonds. The van der Waals surface area contributed by atoms with E-state index < -0.39 is 8.32 Å². The molecule has 2 heteroatoms. The van der Waals surface area contributed by atoms with E-state index in [1.807, 2.05) is 0 Å². The van der Waals surface area contributed by atoms with Crippen molar-refractivity contribution in [2.24, 2.45) is 0 Å². The van der Waals surface area contributed by atoms with E-state index in [1.54, 1.807) is 0 Å². The molecule has 0 bridgehead atoms. The minimum absolute atomic E-state index is 0.0884. The largest absolute Gasteiger partial charge is 0.405 e. The van der Waals surface area contributed by atoms with Crippen LogP contribution in [0, 0.1) is 0 Å². The van der Waals surface area contributed by atoms with Crippen LogP contribution in [0.25, 0.3) is 16.7 Å². The highest BCUT2D eigenvalue weighted by Crippen LogP contribution is 2.49. The van der Waals surface area contributed by atoms with Gasteiger partial charge in [0.05, 0.1) is 0 Å². The first kappa shape index (κ1) is 17.0. The Kier molecular flexibility index (Phi) is 4.17. The summed E-state index contributed by atoms with van der Waals surface area (Å²) < 4.78 is 6.83. The fraction of sp³-hybridized carbons (Fsp3) is 0.318. The summed E-state index contributed by atoms with van der Waals surface area (Å²) >= 11 is 0. The second kappa shape index (κ2) is 5.89. The fourth-order valence-electron chi connectivity index (χ4n) is 3.00. The Hall–Kier alpha value is -1.86. The molecule has 24 heavy (non-hydrogen) atoms. The van der Waals surface area contributed by atoms with E-state index in [2.05, 4.69) is 94.7 Å². The molecule has 0 spiro atoms. The normalized spacial score (nSPS) is 17.0. The number of benzene rings is 2. The van der Waals surface area contributed by atoms with Crippen LogP contribution in [0.2, 0.25) is 18.1 Å². The average Bonchev–Trinajstić information content (AvgIpc) is 2.54. The Morgan fingerprint density at radius 1 is 0.917 bits per heavy atom. The predicted molar refractivity (Wildman–Crippen MR) is 105 cm³/mol. The predicted octanol–water partition coefficient (Wildman–Crippen LogP) is 6.60. The zero-order chi connectivity index (χ0) is 17.5. The Balaban J connectivity index is 2.19. The first-order chi connectivity index (χ1) is 11.3. The summed E-state index contributed by atoms with van der Waals surface area (Å²) in [6.45, 7) is 15.4. The number of hydrogen-bond acceptors (Lipinski definition) is 1. The molecule has 3 rings (SSSR count). The first-order valence-electron chi connectivity index (χ1n) is 8.53. The van der Waals surface area contributed by atoms with E-state index in [0.29, 0.717) is 0 Å². The highest BCUT2D eigenvalue weighted by Gasteiger charge is 2.42. The Bertz CT molecular complexity index is 820. The third-order valence-corrected chi connectivity index (χ3v) is 9.86. The van der Waals surface area contributed by atoms with Gasteiger partial charge in [-0.05, 0) is 40.4 Å². The molecule has 1 atom stereocenters. The van der Waals surface area contributed by atoms with Crippen LogP contribution in [-0.2, 0) is 4.43 Å². The van der Waals surface area contributed by atoms with Crippen molar-refractivity contribution in [3.05, 3.63) is 72.0 Å². The van der Waals surface area contributed by atoms with E-state index in [9.17, 15) is 0 Å². The Labute approximate surface area is 146 Å². The Morgan fingerprint density at radius 3 is 2.04 bits per heavy atom. The summed E-state index contributed by atoms with van der Waals surface area (Å²) in [5, 5.41) is 0.158. The van der Waals surface area contributed by atoms with Gasteiger partial charge in [-0.25, -0.2) is 0 Å². The van der Waals surface area contributed by atoms with Crippen molar-refractivity contribution < 1.29 is 4.43 Å². The van der Waals surface area contributed by atoms with Gasteiger partial charge in [0.2, 0.25) is 0 Å². The maximum absolute atomic E-state index is 6.83. The zero-order valence-corrected chi connectivity index (χ0v) is 16.3. The van der Waals surface area contributed by atoms with Gasteiger partial charge < -0.3 is 4.43 Å². The molecule has 0 heterocycles. The van der Waals surface area contributed by atoms with Crippen LogP contribution >= 0.6 is 0 Å². The number of hydrogen-bond donors (Lipinski definition) is 0. The van der Waals surface area contributed by atoms with Crippen molar-refractivity contribution in [3.8, 4) is 11.1 Å². The van der Waals surface area contributed by atoms with Crippen LogP contribution in [0.5, 0.6) is 0 Å². The van der Waals surface area contributed by atoms with Gasteiger partial charge in [-0.1, -0.05) is 75.9 Å². The van der Waals surface area contributed by atoms with Gasteiger partial charge >= 0.3 is 0 Å². The topological polar surface area (TPSA) is 9.23 Å². The van der Waals surface area contributed by atoms with Crippen LogP contribution < -0.4 is 0 Å². The monoisotopic (exact) mass is 334 g/mol. The molecule has 2 aromatic carbocycles. The highest BCUT2D eigenvalue weighted by molar-refractivity contribution is 6.74. The summed E-state index contributed by atoms with van der Waals surface area (Å²) in [6.07, 6.45) is -0.0884. The molecule has 0 aliphatic heterocycles. The van der Waals surface area contributed by atoms with Crippen molar-refractivity contribution in [1.82, 2.24) is 0 Å². The van der Waals surface area contributed by atoms with Gasteiger partial charge in [-0.3, -0.25) is 0 Å². The fourth-order valence-corrected chi connectivity index (χ4v) is 4.19. The van der Waals surface area contributed by atoms with Crippen molar-refractivity contribution in [2.45, 2.75) is 45.0 Å². The van der Waals surface area contributed by atoms with E-state index in [4.69, 9.17) is 4.43 Å². The van der Waals surface area contributed by atoms with Crippen LogP contribution in [0.15, 0.2) is 60.8 Å². The van der Waals surface area contributed by atoms with E-state index >= 15 is 0 Å². The molecule has 2 aromatic rings. The third kappa shape index (κ3) is 2.71. The minimum atomic E-state index is -1.93. The molecule has 0 aromatic heterocycles. The molecule has 1 unspecified atom stereocenters. The molecule has 1 aliphatic rings. The summed E-state index contributed by atoms with van der Waals surface area (Å²) in [5.74, 6) is 0. The van der Waals surface area contributed by atoms with Crippen LogP contribution in [0.1, 0.15) is 38.0 Å². The lowest BCUT2D eigenvalue weighted by Gasteiger charge is -2.41. The molecule has 0 saturated carbocycles. The van der Waals surface area contributed by atoms with Crippen molar-refractivity contribution in [2.75, 3.05) is 0 Å². The molecule has 1 nitrogen and oxygen atoms in total. The molecule has 0 N–H and O–H groups in total. The second-order valence-corrected chi connectivity index (χ2v) is 12.7. The zero-order valence-electron chi connectivity index (χ0n) is 15.3. The molecule has 124 valence electrons. The number of fused-ring (bicyclic) bond motifs is 3. The molecule has 0 fully saturated rings. The summed E-state index contributed by atoms with van der Waals surface area (Å²) in [4.78, 5) is 0. The lowest BCUT2D eigenvalue weighted by Crippen LogP contribution is -2.42. The summed E-state index contributed by atoms with van der Waals surface area (Å²) in [6, 6.07) is 17.1. The van der Waals surface area contributed by atoms with Gasteiger partial charge in [-0.15, -0.1) is 5.73 Å². The lowest BCUT2D eigenvalue weighted by molar-refractivity contribution is 0.238. The third-order valence-electron chi connectivity index (χ3n) is 5.42. The summed E-state index contributed by atoms with van der Waals surface area (Å²) in [7, 11) is -1.93. The quantitative estimate of drug-likeness (QED) is 0.444. The average molecular weight is 335 g/mol. The van der Waals surface area contributed by atoms with Crippen LogP contribution in [0.4, 0.5) is 0 Å². The van der Waals surface area contributed by atoms with Crippen molar-refractivity contribution in [3.63, 3.8) is 0 Å². The molecular formula is C22H26OSi. The van der Waals surface area contributed by atoms with Gasteiger partial charge in [-0.2, -0.15) is 0 Å². The van der Waals surface area contributed by atoms with Gasteiger partial charge in [0, 0.05) is 5.57 Å². The van der Waals surface area contributed by atoms with Gasteiger partial charge in [0.1, 0.15) is 6.10 Å². The number of rotatable bonds is 2. The maximum atomic E-state index is 6.83. The molecule has 1 aliphatic carbocycles. The first-order valence-corrected chi connectivity index (χ1v) is 11.4. The van der Waals surface area contributed by atoms with E-state index in [-0.39, 0.29) is 11.1 Å². The lowest BCUT2D eigenvalue weighted by atomic mass is 9.81. The highest BCUT2D eigenvalue weighted by atomic mass is 28.4. The van der Waals surface area contributed by atoms with Gasteiger partial charge in [0.15, 0.2) is 8.32 Å². The molecular weight excluding hydrogens is 308 g/mol. The van der Waals surface area contributed by atoms with E-state index in [1.165, 1.54) is 22.3 Å². The SMILES string of the molecule is C=C=C1c2ccccc2-c2ccccc2C1O[Si](C)(C)C(C)(C)C. The van der Waals surface area contributed by atoms with Crippen molar-refractivity contribution >= 4 is 13.9 Å². The maximum Gasteiger partial charge on any atom is 0.193 e. The Morgan fingerprint density at radius 2 is 1.46 bits per heavy atom. The summed E-state index contributed by atoms with van der Waals surface area (Å²) in [5.41, 5.74) is 9.18. The van der Waals surface area contributed by atoms with Crippen LogP contribution in [-0.4, -0.2) is 8.32 Å². The van der Waals surface area contributed by atoms with Crippen molar-refractivity contribution in [1.29, 1.82) is 0 Å². The minimum Gasteiger partial charge on any atom is -0.405 e. The standard InChI is InChI=1S/C22H26OSi/c1-7-16-17-12-8-9-13-18(17)19-14-10-11-15-20(19)21(16)23-24(5,6)22(2,3)4/h8-15,21H,1H2,2-6H3. The smallest absolute Gasteiger partial charge is 0.193 e. The van der Waals surface area contributed by atoms with Gasteiger partial charge in [0.25, 0.3) is 0 Å². The second-order valence-electron chi connectivity index (χ2n) is 7.98. The molecule has 0 saturated heterocycles. The van der Waals surface area contributed by atoms with E-state index in [0.717, 1.165) is 5.57 Å².